The van der Waals surface area contributed by atoms with Gasteiger partial charge in [0.15, 0.2) is 0 Å². The van der Waals surface area contributed by atoms with Crippen molar-refractivity contribution >= 4 is 15.9 Å². The van der Waals surface area contributed by atoms with E-state index in [-0.39, 0.29) is 10.8 Å². The van der Waals surface area contributed by atoms with Gasteiger partial charge in [-0.1, -0.05) is 0 Å². The van der Waals surface area contributed by atoms with Gasteiger partial charge in [0.1, 0.15) is 0 Å². The van der Waals surface area contributed by atoms with Gasteiger partial charge < -0.3 is 10.6 Å². The Bertz CT molecular complexity index is 590. The monoisotopic (exact) mass is 297 g/mol. The summed E-state index contributed by atoms with van der Waals surface area (Å²) in [7, 11) is -2.04. The lowest BCUT2D eigenvalue weighted by atomic mass is 10.0. The highest BCUT2D eigenvalue weighted by Gasteiger charge is 2.33. The third-order valence-electron chi connectivity index (χ3n) is 3.40. The molecule has 0 aromatic heterocycles. The van der Waals surface area contributed by atoms with Gasteiger partial charge in [0.05, 0.1) is 4.90 Å². The smallest absolute Gasteiger partial charge is 0.251 e. The van der Waals surface area contributed by atoms with Crippen LogP contribution in [0.1, 0.15) is 23.7 Å². The Morgan fingerprint density at radius 2 is 1.95 bits per heavy atom. The predicted molar refractivity (Wildman–Crippen MR) is 76.0 cm³/mol. The van der Waals surface area contributed by atoms with E-state index in [1.54, 1.807) is 0 Å². The first-order valence-corrected chi connectivity index (χ1v) is 7.91. The number of carbonyl (C=O) groups is 1. The van der Waals surface area contributed by atoms with Crippen molar-refractivity contribution in [3.63, 3.8) is 0 Å². The molecule has 0 saturated carbocycles. The first-order chi connectivity index (χ1) is 9.36. The molecular weight excluding hydrogens is 278 g/mol. The van der Waals surface area contributed by atoms with Crippen LogP contribution >= 0.6 is 0 Å². The molecule has 0 bridgehead atoms. The minimum atomic E-state index is -3.57. The molecule has 1 aliphatic heterocycles. The Morgan fingerprint density at radius 1 is 1.30 bits per heavy atom. The molecule has 1 unspecified atom stereocenters. The Kier molecular flexibility index (Phi) is 4.12. The summed E-state index contributed by atoms with van der Waals surface area (Å²) in [6, 6.07) is 5.89. The van der Waals surface area contributed by atoms with Crippen molar-refractivity contribution in [2.45, 2.75) is 23.8 Å². The van der Waals surface area contributed by atoms with Crippen molar-refractivity contribution < 1.29 is 13.2 Å². The van der Waals surface area contributed by atoms with Gasteiger partial charge in [-0.25, -0.2) is 13.1 Å². The van der Waals surface area contributed by atoms with Gasteiger partial charge in [-0.05, 0) is 44.2 Å². The van der Waals surface area contributed by atoms with E-state index in [2.05, 4.69) is 15.4 Å². The van der Waals surface area contributed by atoms with Crippen molar-refractivity contribution in [3.05, 3.63) is 29.8 Å². The normalized spacial score (nSPS) is 22.7. The Balaban J connectivity index is 2.19. The van der Waals surface area contributed by atoms with Gasteiger partial charge in [-0.3, -0.25) is 4.79 Å². The summed E-state index contributed by atoms with van der Waals surface area (Å²) in [5, 5.41) is 5.63. The molecular formula is C13H19N3O3S. The topological polar surface area (TPSA) is 87.3 Å². The van der Waals surface area contributed by atoms with Crippen LogP contribution in [0.25, 0.3) is 0 Å². The predicted octanol–water partition coefficient (Wildman–Crippen LogP) is 0.0765. The number of benzene rings is 1. The third kappa shape index (κ3) is 3.17. The molecule has 1 saturated heterocycles. The molecule has 1 fully saturated rings. The maximum atomic E-state index is 12.3. The molecule has 0 radical (unpaired) electrons. The summed E-state index contributed by atoms with van der Waals surface area (Å²) in [5.74, 6) is -0.242. The number of carbonyl (C=O) groups excluding carboxylic acids is 1. The van der Waals surface area contributed by atoms with Crippen molar-refractivity contribution in [3.8, 4) is 0 Å². The first-order valence-electron chi connectivity index (χ1n) is 6.43. The molecule has 1 amide bonds. The van der Waals surface area contributed by atoms with Gasteiger partial charge in [0.25, 0.3) is 5.91 Å². The van der Waals surface area contributed by atoms with Crippen molar-refractivity contribution in [1.29, 1.82) is 0 Å². The lowest BCUT2D eigenvalue weighted by Crippen LogP contribution is -2.47. The van der Waals surface area contributed by atoms with E-state index in [1.165, 1.54) is 31.3 Å². The highest BCUT2D eigenvalue weighted by Crippen LogP contribution is 2.18. The highest BCUT2D eigenvalue weighted by molar-refractivity contribution is 7.89. The number of hydrogen-bond donors (Lipinski definition) is 3. The van der Waals surface area contributed by atoms with Crippen LogP contribution in [0.3, 0.4) is 0 Å². The van der Waals surface area contributed by atoms with Crippen LogP contribution in [0.5, 0.6) is 0 Å². The fourth-order valence-corrected chi connectivity index (χ4v) is 3.65. The number of rotatable bonds is 4. The van der Waals surface area contributed by atoms with E-state index >= 15 is 0 Å². The quantitative estimate of drug-likeness (QED) is 0.734. The zero-order chi connectivity index (χ0) is 14.8. The van der Waals surface area contributed by atoms with E-state index in [0.29, 0.717) is 12.1 Å². The van der Waals surface area contributed by atoms with Crippen molar-refractivity contribution in [2.24, 2.45) is 0 Å². The molecule has 1 atom stereocenters. The van der Waals surface area contributed by atoms with E-state index in [1.807, 2.05) is 6.92 Å². The molecule has 3 N–H and O–H groups in total. The molecule has 1 aliphatic rings. The zero-order valence-corrected chi connectivity index (χ0v) is 12.4. The van der Waals surface area contributed by atoms with Crippen molar-refractivity contribution in [2.75, 3.05) is 20.1 Å². The van der Waals surface area contributed by atoms with Gasteiger partial charge in [0.2, 0.25) is 10.0 Å². The van der Waals surface area contributed by atoms with Gasteiger partial charge >= 0.3 is 0 Å². The summed E-state index contributed by atoms with van der Waals surface area (Å²) in [6.45, 7) is 3.29. The Labute approximate surface area is 119 Å². The van der Waals surface area contributed by atoms with Gasteiger partial charge in [0, 0.05) is 24.7 Å². The summed E-state index contributed by atoms with van der Waals surface area (Å²) in [6.07, 6.45) is 0.753. The second kappa shape index (κ2) is 5.51. The maximum Gasteiger partial charge on any atom is 0.251 e. The van der Waals surface area contributed by atoms with E-state index in [4.69, 9.17) is 0 Å². The maximum absolute atomic E-state index is 12.3. The number of hydrogen-bond acceptors (Lipinski definition) is 4. The second-order valence-corrected chi connectivity index (χ2v) is 6.88. The highest BCUT2D eigenvalue weighted by atomic mass is 32.2. The standard InChI is InChI=1S/C13H19N3O3S/c1-13(7-8-15-9-13)16-20(18,19)11-5-3-10(4-6-11)12(17)14-2/h3-6,15-16H,7-9H2,1-2H3,(H,14,17). The number of nitrogens with one attached hydrogen (secondary N) is 3. The molecule has 1 aromatic rings. The number of amides is 1. The lowest BCUT2D eigenvalue weighted by Gasteiger charge is -2.24. The molecule has 20 heavy (non-hydrogen) atoms. The van der Waals surface area contributed by atoms with E-state index in [0.717, 1.165) is 13.0 Å². The Morgan fingerprint density at radius 3 is 2.45 bits per heavy atom. The van der Waals surface area contributed by atoms with Crippen LogP contribution in [0.2, 0.25) is 0 Å². The van der Waals surface area contributed by atoms with Crippen LogP contribution in [0.15, 0.2) is 29.2 Å². The molecule has 7 heteroatoms. The van der Waals surface area contributed by atoms with Crippen LogP contribution in [-0.4, -0.2) is 40.0 Å². The second-order valence-electron chi connectivity index (χ2n) is 5.20. The van der Waals surface area contributed by atoms with Crippen LogP contribution in [0, 0.1) is 0 Å². The molecule has 6 nitrogen and oxygen atoms in total. The summed E-state index contributed by atoms with van der Waals surface area (Å²) in [5.41, 5.74) is -0.0293. The average molecular weight is 297 g/mol. The summed E-state index contributed by atoms with van der Waals surface area (Å²) >= 11 is 0. The summed E-state index contributed by atoms with van der Waals surface area (Å²) in [4.78, 5) is 11.6. The summed E-state index contributed by atoms with van der Waals surface area (Å²) < 4.78 is 27.3. The largest absolute Gasteiger partial charge is 0.355 e. The zero-order valence-electron chi connectivity index (χ0n) is 11.6. The fraction of sp³-hybridized carbons (Fsp3) is 0.462. The average Bonchev–Trinajstić information content (AvgIpc) is 2.83. The van der Waals surface area contributed by atoms with Crippen LogP contribution < -0.4 is 15.4 Å². The molecule has 1 heterocycles. The fourth-order valence-electron chi connectivity index (χ4n) is 2.22. The molecule has 110 valence electrons. The SMILES string of the molecule is CNC(=O)c1ccc(S(=O)(=O)NC2(C)CCNC2)cc1. The molecule has 0 aliphatic carbocycles. The van der Waals surface area contributed by atoms with Crippen LogP contribution in [-0.2, 0) is 10.0 Å². The third-order valence-corrected chi connectivity index (χ3v) is 5.06. The van der Waals surface area contributed by atoms with E-state index < -0.39 is 15.6 Å². The van der Waals surface area contributed by atoms with Crippen LogP contribution in [0.4, 0.5) is 0 Å². The van der Waals surface area contributed by atoms with E-state index in [9.17, 15) is 13.2 Å². The Hall–Kier alpha value is -1.44. The minimum Gasteiger partial charge on any atom is -0.355 e. The van der Waals surface area contributed by atoms with Gasteiger partial charge in [-0.15, -0.1) is 0 Å². The minimum absolute atomic E-state index is 0.165. The van der Waals surface area contributed by atoms with Gasteiger partial charge in [-0.2, -0.15) is 0 Å². The lowest BCUT2D eigenvalue weighted by molar-refractivity contribution is 0.0963. The van der Waals surface area contributed by atoms with Crippen molar-refractivity contribution in [1.82, 2.24) is 15.4 Å². The first kappa shape index (κ1) is 15.0. The molecule has 0 spiro atoms. The number of sulfonamides is 1. The molecule has 2 rings (SSSR count). The molecule has 1 aromatic carbocycles.